The average Bonchev–Trinajstić information content (AvgIpc) is 3.42. The Hall–Kier alpha value is -2.54. The van der Waals surface area contributed by atoms with E-state index >= 15 is 0 Å². The standard InChI is InChI=1S/C20H24N4O6S/c25-9-14-15(26)16(27)17(28)18(30-14)19-23-12-4-3-10(8-13(12)24-19)22-20(29)21-6-5-11-2-1-7-31-11/h1-4,7-8,14-18,25-28H,5-6,9H2,(H,23,24)(H2,21,22,29)/t14-,15-,16+,17-,18-/m1/s1. The quantitative estimate of drug-likeness (QED) is 0.289. The Morgan fingerprint density at radius 1 is 1.19 bits per heavy atom. The zero-order valence-corrected chi connectivity index (χ0v) is 17.2. The van der Waals surface area contributed by atoms with E-state index < -0.39 is 37.1 Å². The molecule has 3 aromatic rings. The molecule has 0 radical (unpaired) electrons. The lowest BCUT2D eigenvalue weighted by atomic mass is 9.95. The summed E-state index contributed by atoms with van der Waals surface area (Å²) in [7, 11) is 0. The minimum absolute atomic E-state index is 0.240. The summed E-state index contributed by atoms with van der Waals surface area (Å²) in [6, 6.07) is 8.74. The van der Waals surface area contributed by atoms with E-state index in [-0.39, 0.29) is 11.9 Å². The summed E-state index contributed by atoms with van der Waals surface area (Å²) in [6.45, 7) is -0.00273. The van der Waals surface area contributed by atoms with E-state index in [0.717, 1.165) is 6.42 Å². The first kappa shape index (κ1) is 21.7. The van der Waals surface area contributed by atoms with Gasteiger partial charge in [0.2, 0.25) is 0 Å². The first-order valence-corrected chi connectivity index (χ1v) is 10.7. The number of H-pyrrole nitrogens is 1. The Morgan fingerprint density at radius 2 is 2.03 bits per heavy atom. The number of aliphatic hydroxyl groups is 4. The number of carbonyl (C=O) groups is 1. The normalized spacial score (nSPS) is 26.1. The van der Waals surface area contributed by atoms with Crippen molar-refractivity contribution in [2.24, 2.45) is 0 Å². The molecule has 1 aliphatic rings. The SMILES string of the molecule is O=C(NCCc1cccs1)Nc1ccc2nc([C@@H]3O[C@H](CO)[C@@H](O)[C@H](O)[C@H]3O)[nH]c2c1. The Kier molecular flexibility index (Phi) is 6.51. The lowest BCUT2D eigenvalue weighted by Gasteiger charge is -2.39. The van der Waals surface area contributed by atoms with Gasteiger partial charge in [-0.3, -0.25) is 0 Å². The molecule has 0 saturated carbocycles. The van der Waals surface area contributed by atoms with Crippen LogP contribution in [0.5, 0.6) is 0 Å². The molecule has 2 aromatic heterocycles. The number of imidazole rings is 1. The second-order valence-corrected chi connectivity index (χ2v) is 8.35. The topological polar surface area (TPSA) is 160 Å². The highest BCUT2D eigenvalue weighted by Crippen LogP contribution is 2.32. The fraction of sp³-hybridized carbons (Fsp3) is 0.400. The number of fused-ring (bicyclic) bond motifs is 1. The summed E-state index contributed by atoms with van der Waals surface area (Å²) in [5.74, 6) is 0.240. The van der Waals surface area contributed by atoms with Crippen LogP contribution in [0.2, 0.25) is 0 Å². The minimum Gasteiger partial charge on any atom is -0.394 e. The molecular formula is C20H24N4O6S. The number of benzene rings is 1. The first-order chi connectivity index (χ1) is 15.0. The van der Waals surface area contributed by atoms with Crippen LogP contribution >= 0.6 is 11.3 Å². The number of aliphatic hydroxyl groups excluding tert-OH is 4. The number of rotatable bonds is 6. The van der Waals surface area contributed by atoms with Crippen LogP contribution in [0.15, 0.2) is 35.7 Å². The third-order valence-corrected chi connectivity index (χ3v) is 6.09. The van der Waals surface area contributed by atoms with Gasteiger partial charge in [0, 0.05) is 17.1 Å². The van der Waals surface area contributed by atoms with E-state index in [1.165, 1.54) is 4.88 Å². The third kappa shape index (κ3) is 4.71. The van der Waals surface area contributed by atoms with Gasteiger partial charge in [0.1, 0.15) is 36.3 Å². The fourth-order valence-corrected chi connectivity index (χ4v) is 4.21. The fourth-order valence-electron chi connectivity index (χ4n) is 3.50. The maximum Gasteiger partial charge on any atom is 0.319 e. The van der Waals surface area contributed by atoms with Crippen molar-refractivity contribution in [1.29, 1.82) is 0 Å². The molecule has 2 amide bonds. The van der Waals surface area contributed by atoms with Gasteiger partial charge in [-0.15, -0.1) is 11.3 Å². The van der Waals surface area contributed by atoms with Crippen LogP contribution in [-0.2, 0) is 11.2 Å². The smallest absolute Gasteiger partial charge is 0.319 e. The van der Waals surface area contributed by atoms with Crippen LogP contribution in [0.25, 0.3) is 11.0 Å². The third-order valence-electron chi connectivity index (χ3n) is 5.16. The van der Waals surface area contributed by atoms with Crippen LogP contribution in [0.4, 0.5) is 10.5 Å². The molecule has 31 heavy (non-hydrogen) atoms. The van der Waals surface area contributed by atoms with E-state index in [2.05, 4.69) is 20.6 Å². The molecule has 0 spiro atoms. The molecular weight excluding hydrogens is 424 g/mol. The Morgan fingerprint density at radius 3 is 2.77 bits per heavy atom. The summed E-state index contributed by atoms with van der Waals surface area (Å²) in [4.78, 5) is 20.7. The van der Waals surface area contributed by atoms with Crippen molar-refractivity contribution in [2.45, 2.75) is 36.9 Å². The Balaban J connectivity index is 1.42. The summed E-state index contributed by atoms with van der Waals surface area (Å²) in [6.07, 6.45) is -5.67. The lowest BCUT2D eigenvalue weighted by molar-refractivity contribution is -0.233. The first-order valence-electron chi connectivity index (χ1n) is 9.83. The van der Waals surface area contributed by atoms with Gasteiger partial charge in [-0.25, -0.2) is 9.78 Å². The summed E-state index contributed by atoms with van der Waals surface area (Å²) >= 11 is 1.64. The highest BCUT2D eigenvalue weighted by molar-refractivity contribution is 7.09. The minimum atomic E-state index is -1.49. The van der Waals surface area contributed by atoms with E-state index in [1.54, 1.807) is 29.5 Å². The van der Waals surface area contributed by atoms with Crippen molar-refractivity contribution in [2.75, 3.05) is 18.5 Å². The van der Waals surface area contributed by atoms with E-state index in [4.69, 9.17) is 4.74 Å². The summed E-state index contributed by atoms with van der Waals surface area (Å²) < 4.78 is 5.53. The number of ether oxygens (including phenoxy) is 1. The van der Waals surface area contributed by atoms with Crippen molar-refractivity contribution in [3.05, 3.63) is 46.4 Å². The van der Waals surface area contributed by atoms with Gasteiger partial charge in [-0.2, -0.15) is 0 Å². The Labute approximate surface area is 181 Å². The second kappa shape index (κ2) is 9.30. The number of carbonyl (C=O) groups excluding carboxylic acids is 1. The molecule has 10 nitrogen and oxygen atoms in total. The molecule has 3 heterocycles. The number of amides is 2. The van der Waals surface area contributed by atoms with Gasteiger partial charge in [0.15, 0.2) is 0 Å². The molecule has 1 aromatic carbocycles. The highest BCUT2D eigenvalue weighted by atomic mass is 32.1. The Bertz CT molecular complexity index is 1020. The number of hydrogen-bond donors (Lipinski definition) is 7. The van der Waals surface area contributed by atoms with Gasteiger partial charge < -0.3 is 40.8 Å². The van der Waals surface area contributed by atoms with Crippen LogP contribution in [0.1, 0.15) is 16.8 Å². The number of aromatic nitrogens is 2. The number of aromatic amines is 1. The summed E-state index contributed by atoms with van der Waals surface area (Å²) in [5, 5.41) is 47.1. The molecule has 7 N–H and O–H groups in total. The number of anilines is 1. The zero-order valence-electron chi connectivity index (χ0n) is 16.4. The zero-order chi connectivity index (χ0) is 22.0. The molecule has 5 atom stereocenters. The lowest BCUT2D eigenvalue weighted by Crippen LogP contribution is -2.55. The molecule has 4 rings (SSSR count). The molecule has 1 aliphatic heterocycles. The number of nitrogens with zero attached hydrogens (tertiary/aromatic N) is 1. The molecule has 0 unspecified atom stereocenters. The van der Waals surface area contributed by atoms with Crippen LogP contribution < -0.4 is 10.6 Å². The number of nitrogens with one attached hydrogen (secondary N) is 3. The number of urea groups is 1. The molecule has 166 valence electrons. The summed E-state index contributed by atoms with van der Waals surface area (Å²) in [5.41, 5.74) is 1.70. The predicted octanol–water partition coefficient (Wildman–Crippen LogP) is 0.503. The van der Waals surface area contributed by atoms with Crippen LogP contribution in [-0.4, -0.2) is 74.0 Å². The van der Waals surface area contributed by atoms with Crippen LogP contribution in [0, 0.1) is 0 Å². The van der Waals surface area contributed by atoms with Gasteiger partial charge >= 0.3 is 6.03 Å². The highest BCUT2D eigenvalue weighted by Gasteiger charge is 2.45. The van der Waals surface area contributed by atoms with E-state index in [1.807, 2.05) is 17.5 Å². The largest absolute Gasteiger partial charge is 0.394 e. The van der Waals surface area contributed by atoms with E-state index in [0.29, 0.717) is 23.3 Å². The molecule has 11 heteroatoms. The number of hydrogen-bond acceptors (Lipinski definition) is 8. The predicted molar refractivity (Wildman–Crippen MR) is 114 cm³/mol. The van der Waals surface area contributed by atoms with Gasteiger partial charge in [-0.1, -0.05) is 6.07 Å². The van der Waals surface area contributed by atoms with Gasteiger partial charge in [0.05, 0.1) is 17.6 Å². The maximum atomic E-state index is 12.1. The van der Waals surface area contributed by atoms with E-state index in [9.17, 15) is 25.2 Å². The average molecular weight is 449 g/mol. The van der Waals surface area contributed by atoms with Gasteiger partial charge in [0.25, 0.3) is 0 Å². The molecule has 0 bridgehead atoms. The van der Waals surface area contributed by atoms with Crippen molar-refractivity contribution in [3.63, 3.8) is 0 Å². The molecule has 1 fully saturated rings. The maximum absolute atomic E-state index is 12.1. The second-order valence-electron chi connectivity index (χ2n) is 7.31. The van der Waals surface area contributed by atoms with Crippen LogP contribution in [0.3, 0.4) is 0 Å². The molecule has 0 aliphatic carbocycles. The van der Waals surface area contributed by atoms with Crippen molar-refractivity contribution >= 4 is 34.1 Å². The van der Waals surface area contributed by atoms with Crippen molar-refractivity contribution < 1.29 is 30.0 Å². The molecule has 1 saturated heterocycles. The van der Waals surface area contributed by atoms with Crippen molar-refractivity contribution in [1.82, 2.24) is 15.3 Å². The van der Waals surface area contributed by atoms with Gasteiger partial charge in [-0.05, 0) is 36.1 Å². The monoisotopic (exact) mass is 448 g/mol. The number of thiophene rings is 1. The van der Waals surface area contributed by atoms with Crippen molar-refractivity contribution in [3.8, 4) is 0 Å².